The number of nitrogens with two attached hydrogens (primary N) is 1. The first-order valence-electron chi connectivity index (χ1n) is 5.26. The highest BCUT2D eigenvalue weighted by molar-refractivity contribution is 7.80. The fraction of sp³-hybridized carbons (Fsp3) is 0.364. The lowest BCUT2D eigenvalue weighted by Crippen LogP contribution is -2.33. The Kier molecular flexibility index (Phi) is 5.31. The van der Waals surface area contributed by atoms with Crippen LogP contribution in [0.4, 0.5) is 5.82 Å². The zero-order valence-electron chi connectivity index (χ0n) is 9.44. The molecule has 4 nitrogen and oxygen atoms in total. The van der Waals surface area contributed by atoms with E-state index in [1.54, 1.807) is 12.1 Å². The quantitative estimate of drug-likeness (QED) is 0.807. The van der Waals surface area contributed by atoms with E-state index in [2.05, 4.69) is 10.3 Å². The molecule has 0 aromatic carbocycles. The van der Waals surface area contributed by atoms with Crippen LogP contribution in [0.3, 0.4) is 0 Å². The zero-order valence-corrected chi connectivity index (χ0v) is 11.0. The number of pyridine rings is 1. The molecule has 0 aliphatic rings. The highest BCUT2D eigenvalue weighted by atomic mass is 35.5. The van der Waals surface area contributed by atoms with Crippen molar-refractivity contribution in [1.29, 1.82) is 0 Å². The van der Waals surface area contributed by atoms with Crippen LogP contribution in [0.1, 0.15) is 19.8 Å². The van der Waals surface area contributed by atoms with Gasteiger partial charge in [0.2, 0.25) is 5.91 Å². The molecule has 1 atom stereocenters. The highest BCUT2D eigenvalue weighted by Gasteiger charge is 2.20. The number of aromatic nitrogens is 1. The number of halogens is 1. The van der Waals surface area contributed by atoms with Gasteiger partial charge in [0.05, 0.1) is 15.9 Å². The Morgan fingerprint density at radius 3 is 2.82 bits per heavy atom. The van der Waals surface area contributed by atoms with Gasteiger partial charge in [-0.15, -0.1) is 0 Å². The second-order valence-corrected chi connectivity index (χ2v) is 4.50. The summed E-state index contributed by atoms with van der Waals surface area (Å²) in [6, 6.07) is 3.28. The van der Waals surface area contributed by atoms with E-state index in [-0.39, 0.29) is 10.9 Å². The maximum Gasteiger partial charge on any atom is 0.235 e. The molecule has 0 saturated carbocycles. The van der Waals surface area contributed by atoms with E-state index in [0.717, 1.165) is 6.42 Å². The van der Waals surface area contributed by atoms with Crippen LogP contribution < -0.4 is 11.1 Å². The Hall–Kier alpha value is -1.20. The van der Waals surface area contributed by atoms with Crippen molar-refractivity contribution in [1.82, 2.24) is 4.98 Å². The molecule has 3 N–H and O–H groups in total. The summed E-state index contributed by atoms with van der Waals surface area (Å²) in [5.74, 6) is -0.238. The van der Waals surface area contributed by atoms with Gasteiger partial charge in [0, 0.05) is 6.20 Å². The molecule has 0 aliphatic heterocycles. The Balaban J connectivity index is 2.69. The van der Waals surface area contributed by atoms with Gasteiger partial charge in [0.25, 0.3) is 0 Å². The van der Waals surface area contributed by atoms with Crippen molar-refractivity contribution >= 4 is 40.5 Å². The summed E-state index contributed by atoms with van der Waals surface area (Å²) in [6.07, 6.45) is 2.94. The lowest BCUT2D eigenvalue weighted by molar-refractivity contribution is -0.118. The third-order valence-corrected chi connectivity index (χ3v) is 2.72. The zero-order chi connectivity index (χ0) is 12.8. The van der Waals surface area contributed by atoms with Crippen molar-refractivity contribution in [2.24, 2.45) is 11.7 Å². The molecule has 0 saturated heterocycles. The fourth-order valence-electron chi connectivity index (χ4n) is 1.35. The van der Waals surface area contributed by atoms with Crippen LogP contribution in [0.15, 0.2) is 18.3 Å². The van der Waals surface area contributed by atoms with E-state index in [1.165, 1.54) is 6.20 Å². The number of hydrogen-bond acceptors (Lipinski definition) is 3. The lowest BCUT2D eigenvalue weighted by atomic mass is 10.0. The van der Waals surface area contributed by atoms with E-state index < -0.39 is 5.92 Å². The molecular formula is C11H14ClN3OS. The van der Waals surface area contributed by atoms with Gasteiger partial charge < -0.3 is 11.1 Å². The van der Waals surface area contributed by atoms with Crippen LogP contribution in [0, 0.1) is 5.92 Å². The second kappa shape index (κ2) is 6.51. The van der Waals surface area contributed by atoms with E-state index in [1.807, 2.05) is 6.92 Å². The maximum atomic E-state index is 11.9. The summed E-state index contributed by atoms with van der Waals surface area (Å²) >= 11 is 10.6. The number of nitrogens with one attached hydrogen (secondary N) is 1. The molecule has 6 heteroatoms. The number of carbonyl (C=O) groups excluding carboxylic acids is 1. The monoisotopic (exact) mass is 271 g/mol. The molecule has 1 amide bonds. The van der Waals surface area contributed by atoms with Crippen molar-refractivity contribution in [3.63, 3.8) is 0 Å². The van der Waals surface area contributed by atoms with Gasteiger partial charge in [-0.3, -0.25) is 4.79 Å². The summed E-state index contributed by atoms with van der Waals surface area (Å²) < 4.78 is 0. The molecular weight excluding hydrogens is 258 g/mol. The first-order chi connectivity index (χ1) is 8.04. The summed E-state index contributed by atoms with van der Waals surface area (Å²) in [5, 5.41) is 3.18. The first-order valence-corrected chi connectivity index (χ1v) is 6.05. The topological polar surface area (TPSA) is 68.0 Å². The summed E-state index contributed by atoms with van der Waals surface area (Å²) in [4.78, 5) is 16.1. The summed E-state index contributed by atoms with van der Waals surface area (Å²) in [6.45, 7) is 1.97. The van der Waals surface area contributed by atoms with Gasteiger partial charge in [0.1, 0.15) is 5.82 Å². The molecule has 0 spiro atoms. The molecule has 0 bridgehead atoms. The number of hydrogen-bond donors (Lipinski definition) is 2. The van der Waals surface area contributed by atoms with E-state index in [9.17, 15) is 4.79 Å². The number of nitrogens with zero attached hydrogens (tertiary/aromatic N) is 1. The number of carbonyl (C=O) groups is 1. The molecule has 1 rings (SSSR count). The van der Waals surface area contributed by atoms with Crippen LogP contribution >= 0.6 is 23.8 Å². The Morgan fingerprint density at radius 2 is 2.35 bits per heavy atom. The predicted octanol–water partition coefficient (Wildman–Crippen LogP) is 2.38. The van der Waals surface area contributed by atoms with Crippen molar-refractivity contribution in [2.75, 3.05) is 5.32 Å². The number of anilines is 1. The standard InChI is InChI=1S/C11H14ClN3OS/c1-2-3-8(10(13)17)11(16)15-9-5-4-7(12)6-14-9/h4-6,8H,2-3H2,1H3,(H2,13,17)(H,14,15,16). The number of rotatable bonds is 5. The first kappa shape index (κ1) is 13.9. The van der Waals surface area contributed by atoms with E-state index in [4.69, 9.17) is 29.6 Å². The van der Waals surface area contributed by atoms with Gasteiger partial charge in [0.15, 0.2) is 0 Å². The molecule has 1 unspecified atom stereocenters. The summed E-state index contributed by atoms with van der Waals surface area (Å²) in [5.41, 5.74) is 5.53. The van der Waals surface area contributed by atoms with Crippen molar-refractivity contribution in [3.8, 4) is 0 Å². The Bertz CT molecular complexity index is 408. The van der Waals surface area contributed by atoms with Gasteiger partial charge in [-0.2, -0.15) is 0 Å². The average Bonchev–Trinajstić information content (AvgIpc) is 2.28. The number of thiocarbonyl (C=S) groups is 1. The van der Waals surface area contributed by atoms with E-state index in [0.29, 0.717) is 17.3 Å². The van der Waals surface area contributed by atoms with Crippen molar-refractivity contribution in [2.45, 2.75) is 19.8 Å². The fourth-order valence-corrected chi connectivity index (χ4v) is 1.69. The highest BCUT2D eigenvalue weighted by Crippen LogP contribution is 2.13. The predicted molar refractivity (Wildman–Crippen MR) is 73.1 cm³/mol. The third kappa shape index (κ3) is 4.28. The molecule has 92 valence electrons. The minimum atomic E-state index is -0.451. The maximum absolute atomic E-state index is 11.9. The molecule has 1 aromatic rings. The molecule has 17 heavy (non-hydrogen) atoms. The normalized spacial score (nSPS) is 11.9. The van der Waals surface area contributed by atoms with E-state index >= 15 is 0 Å². The SMILES string of the molecule is CCCC(C(=O)Nc1ccc(Cl)cn1)C(N)=S. The van der Waals surface area contributed by atoms with Crippen molar-refractivity contribution in [3.05, 3.63) is 23.4 Å². The minimum absolute atomic E-state index is 0.207. The largest absolute Gasteiger partial charge is 0.393 e. The van der Waals surface area contributed by atoms with Crippen LogP contribution in [-0.4, -0.2) is 15.9 Å². The molecule has 0 radical (unpaired) electrons. The molecule has 0 fully saturated rings. The Labute approximate surface area is 111 Å². The van der Waals surface area contributed by atoms with Crippen LogP contribution in [0.2, 0.25) is 5.02 Å². The molecule has 1 heterocycles. The second-order valence-electron chi connectivity index (χ2n) is 3.59. The van der Waals surface area contributed by atoms with Gasteiger partial charge in [-0.1, -0.05) is 37.2 Å². The average molecular weight is 272 g/mol. The van der Waals surface area contributed by atoms with Crippen LogP contribution in [-0.2, 0) is 4.79 Å². The summed E-state index contributed by atoms with van der Waals surface area (Å²) in [7, 11) is 0. The lowest BCUT2D eigenvalue weighted by Gasteiger charge is -2.13. The van der Waals surface area contributed by atoms with Gasteiger partial charge >= 0.3 is 0 Å². The number of amides is 1. The third-order valence-electron chi connectivity index (χ3n) is 2.22. The molecule has 1 aromatic heterocycles. The van der Waals surface area contributed by atoms with Crippen LogP contribution in [0.5, 0.6) is 0 Å². The molecule has 0 aliphatic carbocycles. The van der Waals surface area contributed by atoms with Crippen LogP contribution in [0.25, 0.3) is 0 Å². The van der Waals surface area contributed by atoms with Gasteiger partial charge in [-0.05, 0) is 18.6 Å². The smallest absolute Gasteiger partial charge is 0.235 e. The minimum Gasteiger partial charge on any atom is -0.393 e. The Morgan fingerprint density at radius 1 is 1.65 bits per heavy atom. The van der Waals surface area contributed by atoms with Crippen molar-refractivity contribution < 1.29 is 4.79 Å². The van der Waals surface area contributed by atoms with Gasteiger partial charge in [-0.25, -0.2) is 4.98 Å².